The van der Waals surface area contributed by atoms with Crippen molar-refractivity contribution in [2.75, 3.05) is 18.9 Å². The molecule has 220 valence electrons. The average molecular weight is 554 g/mol. The Balaban J connectivity index is 0. The maximum Gasteiger partial charge on any atom is 0.153 e. The van der Waals surface area contributed by atoms with Crippen molar-refractivity contribution in [2.24, 2.45) is 4.99 Å². The van der Waals surface area contributed by atoms with E-state index in [1.165, 1.54) is 12.1 Å². The summed E-state index contributed by atoms with van der Waals surface area (Å²) in [5.41, 5.74) is 7.45. The number of likely N-dealkylation sites (tertiary alicyclic amines) is 1. The van der Waals surface area contributed by atoms with E-state index in [1.54, 1.807) is 19.3 Å². The Morgan fingerprint density at radius 2 is 1.60 bits per heavy atom. The van der Waals surface area contributed by atoms with E-state index in [2.05, 4.69) is 43.2 Å². The lowest BCUT2D eigenvalue weighted by Gasteiger charge is -2.36. The average Bonchev–Trinajstić information content (AvgIpc) is 2.95. The van der Waals surface area contributed by atoms with Crippen LogP contribution in [0.3, 0.4) is 0 Å². The van der Waals surface area contributed by atoms with Crippen molar-refractivity contribution < 1.29 is 13.6 Å². The quantitative estimate of drug-likeness (QED) is 0.208. The molecule has 1 atom stereocenters. The lowest BCUT2D eigenvalue weighted by atomic mass is 9.86. The van der Waals surface area contributed by atoms with Gasteiger partial charge in [0.05, 0.1) is 5.69 Å². The van der Waals surface area contributed by atoms with Crippen molar-refractivity contribution in [2.45, 2.75) is 67.2 Å². The molecule has 4 nitrogen and oxygen atoms in total. The maximum atomic E-state index is 15.5. The summed E-state index contributed by atoms with van der Waals surface area (Å²) in [4.78, 5) is 13.8. The van der Waals surface area contributed by atoms with E-state index in [-0.39, 0.29) is 17.2 Å². The van der Waals surface area contributed by atoms with Crippen molar-refractivity contribution in [3.8, 4) is 0 Å². The van der Waals surface area contributed by atoms with E-state index < -0.39 is 11.6 Å². The first-order valence-electron chi connectivity index (χ1n) is 13.0. The molecule has 0 aromatic heterocycles. The predicted molar refractivity (Wildman–Crippen MR) is 172 cm³/mol. The van der Waals surface area contributed by atoms with Crippen molar-refractivity contribution in [3.05, 3.63) is 114 Å². The Bertz CT molecular complexity index is 1130. The van der Waals surface area contributed by atoms with Gasteiger partial charge < -0.3 is 15.0 Å². The van der Waals surface area contributed by atoms with Crippen LogP contribution in [0, 0.1) is 11.6 Å². The Hall–Kier alpha value is -3.80. The molecule has 1 aliphatic heterocycles. The van der Waals surface area contributed by atoms with Gasteiger partial charge in [0.2, 0.25) is 0 Å². The fourth-order valence-corrected chi connectivity index (χ4v) is 3.74. The maximum absolute atomic E-state index is 15.5. The third-order valence-electron chi connectivity index (χ3n) is 6.27. The highest BCUT2D eigenvalue weighted by molar-refractivity contribution is 5.78. The Labute approximate surface area is 242 Å². The summed E-state index contributed by atoms with van der Waals surface area (Å²) >= 11 is 0. The number of piperidine rings is 1. The second-order valence-corrected chi connectivity index (χ2v) is 9.55. The lowest BCUT2D eigenvalue weighted by molar-refractivity contribution is -0.0980. The van der Waals surface area contributed by atoms with Crippen LogP contribution in [-0.2, 0) is 4.79 Å². The third kappa shape index (κ3) is 11.9. The number of rotatable bonds is 7. The van der Waals surface area contributed by atoms with Crippen LogP contribution in [0.15, 0.2) is 102 Å². The monoisotopic (exact) mass is 553 g/mol. The second-order valence-electron chi connectivity index (χ2n) is 9.55. The molecule has 0 amide bonds. The molecule has 0 aliphatic carbocycles. The van der Waals surface area contributed by atoms with Gasteiger partial charge >= 0.3 is 0 Å². The highest BCUT2D eigenvalue weighted by atomic mass is 19.1. The van der Waals surface area contributed by atoms with E-state index in [0.29, 0.717) is 19.4 Å². The molecule has 1 fully saturated rings. The number of aliphatic imine (C=N–C) groups is 1. The topological polar surface area (TPSA) is 44.7 Å². The molecule has 0 saturated carbocycles. The van der Waals surface area contributed by atoms with Crippen LogP contribution in [-0.4, -0.2) is 31.0 Å². The van der Waals surface area contributed by atoms with Gasteiger partial charge in [0.25, 0.3) is 0 Å². The largest absolute Gasteiger partial charge is 0.353 e. The number of nitrogens with zero attached hydrogens (tertiary/aromatic N) is 2. The van der Waals surface area contributed by atoms with Gasteiger partial charge in [-0.15, -0.1) is 13.2 Å². The molecule has 1 heterocycles. The van der Waals surface area contributed by atoms with E-state index in [9.17, 15) is 4.39 Å². The van der Waals surface area contributed by atoms with E-state index in [1.807, 2.05) is 66.2 Å². The van der Waals surface area contributed by atoms with E-state index in [0.717, 1.165) is 39.4 Å². The fraction of sp³-hybridized carbons (Fsp3) is 0.353. The normalized spacial score (nSPS) is 15.3. The van der Waals surface area contributed by atoms with Crippen molar-refractivity contribution >= 4 is 18.2 Å². The molecule has 0 spiro atoms. The zero-order valence-corrected chi connectivity index (χ0v) is 25.9. The molecule has 40 heavy (non-hydrogen) atoms. The van der Waals surface area contributed by atoms with Crippen LogP contribution in [0.5, 0.6) is 0 Å². The number of anilines is 1. The van der Waals surface area contributed by atoms with Crippen LogP contribution in [0.4, 0.5) is 14.5 Å². The minimum Gasteiger partial charge on any atom is -0.353 e. The molecule has 6 heteroatoms. The third-order valence-corrected chi connectivity index (χ3v) is 6.27. The number of hydrogen-bond acceptors (Lipinski definition) is 4. The number of allylic oxidation sites excluding steroid dienone is 7. The number of nitrogens with one attached hydrogen (secondary N) is 1. The summed E-state index contributed by atoms with van der Waals surface area (Å²) in [6, 6.07) is 2.80. The predicted octanol–water partition coefficient (Wildman–Crippen LogP) is 9.69. The van der Waals surface area contributed by atoms with Crippen LogP contribution in [0.1, 0.15) is 72.8 Å². The van der Waals surface area contributed by atoms with E-state index in [4.69, 9.17) is 4.79 Å². The SMILES string of the molecule is C=C.C=C/C(C)=C\C(Nc1ccc(F)c([C@@H]2CC/C(=C(/C)C(=C)C)N(C=C)C2)c1F)=C(C)C.C=O.CN=C(C)C. The minimum atomic E-state index is -0.540. The Kier molecular flexibility index (Phi) is 19.3. The van der Waals surface area contributed by atoms with Gasteiger partial charge in [0.15, 0.2) is 5.82 Å². The van der Waals surface area contributed by atoms with Gasteiger partial charge in [0, 0.05) is 42.2 Å². The first-order chi connectivity index (χ1) is 18.9. The Morgan fingerprint density at radius 1 is 1.05 bits per heavy atom. The van der Waals surface area contributed by atoms with Gasteiger partial charge in [-0.05, 0) is 96.9 Å². The van der Waals surface area contributed by atoms with Gasteiger partial charge in [0.1, 0.15) is 12.6 Å². The second kappa shape index (κ2) is 20.2. The number of carbonyl (C=O) groups is 1. The number of carbonyl (C=O) groups excluding carboxylic acids is 1. The van der Waals surface area contributed by atoms with Crippen LogP contribution >= 0.6 is 0 Å². The zero-order valence-electron chi connectivity index (χ0n) is 25.9. The molecular weight excluding hydrogens is 504 g/mol. The van der Waals surface area contributed by atoms with E-state index >= 15 is 4.39 Å². The van der Waals surface area contributed by atoms with Crippen molar-refractivity contribution in [3.63, 3.8) is 0 Å². The smallest absolute Gasteiger partial charge is 0.153 e. The summed E-state index contributed by atoms with van der Waals surface area (Å²) in [5.74, 6) is -1.33. The van der Waals surface area contributed by atoms with Crippen LogP contribution < -0.4 is 5.32 Å². The lowest BCUT2D eigenvalue weighted by Crippen LogP contribution is -2.30. The standard InChI is InChI=1S/C27H34F2N2.C4H9N.C2H4.CH2O/c1-9-19(7)15-24(18(5)6)30-23-13-12-22(28)26(27(23)29)21-11-14-25(20(8)17(3)4)31(10-2)16-21;1-4(2)5-3;2*1-2/h9-10,12-13,15,21,30H,1-3,11,14,16H2,4-8H3;1-3H3;1-2H2;1H2/b19-15-,25-20+;;;/t21-;;;/m1.../s1. The molecule has 1 aromatic carbocycles. The zero-order chi connectivity index (χ0) is 31.6. The van der Waals surface area contributed by atoms with Gasteiger partial charge in [-0.2, -0.15) is 0 Å². The Morgan fingerprint density at radius 3 is 2.02 bits per heavy atom. The molecule has 1 aliphatic rings. The number of benzene rings is 1. The molecular formula is C34H49F2N3O. The summed E-state index contributed by atoms with van der Waals surface area (Å²) in [6.45, 7) is 33.9. The van der Waals surface area contributed by atoms with Gasteiger partial charge in [-0.3, -0.25) is 4.99 Å². The molecule has 1 saturated heterocycles. The summed E-state index contributed by atoms with van der Waals surface area (Å²) in [6.07, 6.45) is 6.75. The summed E-state index contributed by atoms with van der Waals surface area (Å²) in [7, 11) is 1.79. The molecule has 1 aromatic rings. The highest BCUT2D eigenvalue weighted by Crippen LogP contribution is 2.38. The van der Waals surface area contributed by atoms with Gasteiger partial charge in [-0.25, -0.2) is 8.78 Å². The van der Waals surface area contributed by atoms with Crippen molar-refractivity contribution in [1.82, 2.24) is 4.90 Å². The summed E-state index contributed by atoms with van der Waals surface area (Å²) < 4.78 is 30.4. The summed E-state index contributed by atoms with van der Waals surface area (Å²) in [5, 5.41) is 3.14. The molecule has 0 bridgehead atoms. The van der Waals surface area contributed by atoms with Crippen LogP contribution in [0.2, 0.25) is 0 Å². The molecule has 2 rings (SSSR count). The number of hydrogen-bond donors (Lipinski definition) is 1. The molecule has 0 unspecified atom stereocenters. The van der Waals surface area contributed by atoms with Crippen LogP contribution in [0.25, 0.3) is 0 Å². The first kappa shape index (κ1) is 38.3. The molecule has 0 radical (unpaired) electrons. The van der Waals surface area contributed by atoms with Gasteiger partial charge in [-0.1, -0.05) is 37.0 Å². The van der Waals surface area contributed by atoms with Crippen molar-refractivity contribution in [1.29, 1.82) is 0 Å². The fourth-order valence-electron chi connectivity index (χ4n) is 3.74. The molecule has 1 N–H and O–H groups in total. The minimum absolute atomic E-state index is 0.126. The first-order valence-corrected chi connectivity index (χ1v) is 13.0. The highest BCUT2D eigenvalue weighted by Gasteiger charge is 2.29. The number of halogens is 2.